The molecule has 0 spiro atoms. The molecule has 3 rings (SSSR count). The third-order valence-corrected chi connectivity index (χ3v) is 4.01. The Kier molecular flexibility index (Phi) is 3.70. The monoisotopic (exact) mass is 286 g/mol. The average Bonchev–Trinajstić information content (AvgIpc) is 2.55. The fraction of sp³-hybridized carbons (Fsp3) is 0.400. The van der Waals surface area contributed by atoms with E-state index >= 15 is 0 Å². The minimum atomic E-state index is -0.266. The summed E-state index contributed by atoms with van der Waals surface area (Å²) in [5.74, 6) is -0.113. The number of nitrogens with zero attached hydrogens (tertiary/aromatic N) is 3. The summed E-state index contributed by atoms with van der Waals surface area (Å²) < 4.78 is 0. The lowest BCUT2D eigenvalue weighted by Gasteiger charge is -2.33. The lowest BCUT2D eigenvalue weighted by molar-refractivity contribution is 0.0638. The molecule has 1 N–H and O–H groups in total. The Morgan fingerprint density at radius 1 is 1.19 bits per heavy atom. The van der Waals surface area contributed by atoms with Crippen LogP contribution in [0.25, 0.3) is 10.8 Å². The minimum absolute atomic E-state index is 0.113. The van der Waals surface area contributed by atoms with E-state index < -0.39 is 0 Å². The van der Waals surface area contributed by atoms with Gasteiger partial charge in [-0.05, 0) is 12.6 Å². The van der Waals surface area contributed by atoms with Gasteiger partial charge in [0.25, 0.3) is 11.5 Å². The number of amides is 1. The second-order valence-electron chi connectivity index (χ2n) is 5.17. The fourth-order valence-electron chi connectivity index (χ4n) is 2.69. The molecule has 1 amide bonds. The molecule has 6 heteroatoms. The zero-order valence-corrected chi connectivity index (χ0v) is 12.0. The zero-order valence-electron chi connectivity index (χ0n) is 12.0. The maximum Gasteiger partial charge on any atom is 0.275 e. The third kappa shape index (κ3) is 2.54. The van der Waals surface area contributed by atoms with E-state index in [1.54, 1.807) is 23.1 Å². The molecule has 110 valence electrons. The van der Waals surface area contributed by atoms with Gasteiger partial charge in [-0.3, -0.25) is 9.59 Å². The summed E-state index contributed by atoms with van der Waals surface area (Å²) in [4.78, 5) is 28.5. The smallest absolute Gasteiger partial charge is 0.275 e. The van der Waals surface area contributed by atoms with Gasteiger partial charge in [0.2, 0.25) is 0 Å². The molecule has 2 heterocycles. The highest BCUT2D eigenvalue weighted by atomic mass is 16.2. The molecule has 1 aliphatic heterocycles. The Labute approximate surface area is 122 Å². The normalized spacial score (nSPS) is 16.3. The third-order valence-electron chi connectivity index (χ3n) is 4.01. The maximum atomic E-state index is 12.6. The molecular weight excluding hydrogens is 268 g/mol. The van der Waals surface area contributed by atoms with Crippen molar-refractivity contribution in [3.63, 3.8) is 0 Å². The van der Waals surface area contributed by atoms with Crippen molar-refractivity contribution in [2.24, 2.45) is 0 Å². The van der Waals surface area contributed by atoms with Crippen molar-refractivity contribution in [3.05, 3.63) is 40.3 Å². The Morgan fingerprint density at radius 3 is 2.52 bits per heavy atom. The Morgan fingerprint density at radius 2 is 1.86 bits per heavy atom. The topological polar surface area (TPSA) is 69.3 Å². The van der Waals surface area contributed by atoms with Crippen LogP contribution >= 0.6 is 0 Å². The summed E-state index contributed by atoms with van der Waals surface area (Å²) in [6.07, 6.45) is 0. The van der Waals surface area contributed by atoms with Crippen LogP contribution in [0, 0.1) is 0 Å². The van der Waals surface area contributed by atoms with E-state index in [0.29, 0.717) is 29.6 Å². The zero-order chi connectivity index (χ0) is 14.8. The van der Waals surface area contributed by atoms with Gasteiger partial charge in [-0.1, -0.05) is 25.1 Å². The van der Waals surface area contributed by atoms with Crippen LogP contribution in [0.4, 0.5) is 0 Å². The molecule has 1 aromatic heterocycles. The first-order chi connectivity index (χ1) is 10.2. The Hall–Kier alpha value is -2.21. The highest BCUT2D eigenvalue weighted by molar-refractivity contribution is 6.04. The van der Waals surface area contributed by atoms with Crippen molar-refractivity contribution in [2.45, 2.75) is 6.92 Å². The van der Waals surface area contributed by atoms with E-state index in [1.807, 2.05) is 6.07 Å². The van der Waals surface area contributed by atoms with E-state index in [-0.39, 0.29) is 11.5 Å². The van der Waals surface area contributed by atoms with Crippen molar-refractivity contribution in [1.29, 1.82) is 0 Å². The quantitative estimate of drug-likeness (QED) is 0.882. The SMILES string of the molecule is CCN1CCN(C(=O)c2n[nH]c(=O)c3ccccc23)CC1. The number of H-pyrrole nitrogens is 1. The molecule has 1 aromatic carbocycles. The van der Waals surface area contributed by atoms with Crippen molar-refractivity contribution in [2.75, 3.05) is 32.7 Å². The van der Waals surface area contributed by atoms with E-state index in [9.17, 15) is 9.59 Å². The van der Waals surface area contributed by atoms with Gasteiger partial charge in [0.1, 0.15) is 0 Å². The number of likely N-dealkylation sites (N-methyl/N-ethyl adjacent to an activating group) is 1. The first-order valence-corrected chi connectivity index (χ1v) is 7.19. The number of benzene rings is 1. The molecule has 0 aliphatic carbocycles. The van der Waals surface area contributed by atoms with Crippen molar-refractivity contribution < 1.29 is 4.79 Å². The predicted molar refractivity (Wildman–Crippen MR) is 80.4 cm³/mol. The van der Waals surface area contributed by atoms with Gasteiger partial charge in [-0.25, -0.2) is 5.10 Å². The first kappa shape index (κ1) is 13.8. The van der Waals surface area contributed by atoms with E-state index in [4.69, 9.17) is 0 Å². The number of aromatic amines is 1. The highest BCUT2D eigenvalue weighted by Crippen LogP contribution is 2.15. The number of nitrogens with one attached hydrogen (secondary N) is 1. The van der Waals surface area contributed by atoms with Crippen LogP contribution in [-0.2, 0) is 0 Å². The Bertz CT molecular complexity index is 717. The van der Waals surface area contributed by atoms with Gasteiger partial charge in [-0.15, -0.1) is 0 Å². The van der Waals surface area contributed by atoms with Gasteiger partial charge < -0.3 is 9.80 Å². The van der Waals surface area contributed by atoms with Crippen LogP contribution in [0.1, 0.15) is 17.4 Å². The minimum Gasteiger partial charge on any atom is -0.335 e. The molecule has 6 nitrogen and oxygen atoms in total. The second kappa shape index (κ2) is 5.65. The lowest BCUT2D eigenvalue weighted by atomic mass is 10.1. The average molecular weight is 286 g/mol. The van der Waals surface area contributed by atoms with Gasteiger partial charge in [-0.2, -0.15) is 5.10 Å². The molecule has 21 heavy (non-hydrogen) atoms. The molecule has 1 fully saturated rings. The van der Waals surface area contributed by atoms with Crippen molar-refractivity contribution in [1.82, 2.24) is 20.0 Å². The van der Waals surface area contributed by atoms with Gasteiger partial charge in [0, 0.05) is 31.6 Å². The van der Waals surface area contributed by atoms with Crippen LogP contribution < -0.4 is 5.56 Å². The number of carbonyl (C=O) groups is 1. The highest BCUT2D eigenvalue weighted by Gasteiger charge is 2.24. The predicted octanol–water partition coefficient (Wildman–Crippen LogP) is 0.701. The summed E-state index contributed by atoms with van der Waals surface area (Å²) in [5, 5.41) is 7.52. The van der Waals surface area contributed by atoms with Crippen LogP contribution in [0.15, 0.2) is 29.1 Å². The second-order valence-corrected chi connectivity index (χ2v) is 5.17. The number of hydrogen-bond donors (Lipinski definition) is 1. The van der Waals surface area contributed by atoms with E-state index in [2.05, 4.69) is 22.0 Å². The van der Waals surface area contributed by atoms with Crippen molar-refractivity contribution in [3.8, 4) is 0 Å². The van der Waals surface area contributed by atoms with Gasteiger partial charge in [0.05, 0.1) is 5.39 Å². The van der Waals surface area contributed by atoms with Crippen LogP contribution in [0.2, 0.25) is 0 Å². The van der Waals surface area contributed by atoms with Gasteiger partial charge >= 0.3 is 0 Å². The van der Waals surface area contributed by atoms with Gasteiger partial charge in [0.15, 0.2) is 5.69 Å². The standard InChI is InChI=1S/C15H18N4O2/c1-2-18-7-9-19(10-8-18)15(21)13-11-5-3-4-6-12(11)14(20)17-16-13/h3-6H,2,7-10H2,1H3,(H,17,20). The van der Waals surface area contributed by atoms with Crippen molar-refractivity contribution >= 4 is 16.7 Å². The fourth-order valence-corrected chi connectivity index (χ4v) is 2.69. The number of rotatable bonds is 2. The van der Waals surface area contributed by atoms with E-state index in [0.717, 1.165) is 19.6 Å². The molecule has 2 aromatic rings. The Balaban J connectivity index is 1.92. The summed E-state index contributed by atoms with van der Waals surface area (Å²) in [6.45, 7) is 6.27. The molecule has 1 aliphatic rings. The van der Waals surface area contributed by atoms with Crippen LogP contribution in [0.5, 0.6) is 0 Å². The van der Waals surface area contributed by atoms with Crippen LogP contribution in [-0.4, -0.2) is 58.6 Å². The molecular formula is C15H18N4O2. The number of hydrogen-bond acceptors (Lipinski definition) is 4. The van der Waals surface area contributed by atoms with E-state index in [1.165, 1.54) is 0 Å². The summed E-state index contributed by atoms with van der Waals surface area (Å²) in [7, 11) is 0. The molecule has 0 saturated carbocycles. The summed E-state index contributed by atoms with van der Waals surface area (Å²) in [5.41, 5.74) is 0.0631. The largest absolute Gasteiger partial charge is 0.335 e. The summed E-state index contributed by atoms with van der Waals surface area (Å²) >= 11 is 0. The first-order valence-electron chi connectivity index (χ1n) is 7.19. The number of aromatic nitrogens is 2. The molecule has 0 bridgehead atoms. The molecule has 0 radical (unpaired) electrons. The molecule has 0 unspecified atom stereocenters. The number of carbonyl (C=O) groups excluding carboxylic acids is 1. The lowest BCUT2D eigenvalue weighted by Crippen LogP contribution is -2.48. The summed E-state index contributed by atoms with van der Waals surface area (Å²) in [6, 6.07) is 7.08. The van der Waals surface area contributed by atoms with Crippen LogP contribution in [0.3, 0.4) is 0 Å². The molecule has 0 atom stereocenters. The number of fused-ring (bicyclic) bond motifs is 1. The maximum absolute atomic E-state index is 12.6. The molecule has 1 saturated heterocycles. The number of piperazine rings is 1.